The van der Waals surface area contributed by atoms with Gasteiger partial charge in [-0.1, -0.05) is 44.5 Å². The number of hydrogen-bond donors (Lipinski definition) is 4. The number of nitrogens with two attached hydrogens (primary N) is 3. The van der Waals surface area contributed by atoms with Crippen molar-refractivity contribution in [2.75, 3.05) is 0 Å². The van der Waals surface area contributed by atoms with Gasteiger partial charge in [0.1, 0.15) is 29.6 Å². The molecule has 2 aromatic carbocycles. The topological polar surface area (TPSA) is 168 Å². The van der Waals surface area contributed by atoms with Gasteiger partial charge in [0.15, 0.2) is 0 Å². The van der Waals surface area contributed by atoms with E-state index in [-0.39, 0.29) is 18.8 Å². The first-order valence-electron chi connectivity index (χ1n) is 10.7. The highest BCUT2D eigenvalue weighted by Crippen LogP contribution is 2.17. The third-order valence-electron chi connectivity index (χ3n) is 5.34. The summed E-state index contributed by atoms with van der Waals surface area (Å²) in [5, 5.41) is 8.87. The van der Waals surface area contributed by atoms with E-state index in [4.69, 9.17) is 31.8 Å². The Bertz CT molecular complexity index is 946. The van der Waals surface area contributed by atoms with Gasteiger partial charge in [-0.15, -0.1) is 0 Å². The van der Waals surface area contributed by atoms with E-state index in [0.29, 0.717) is 17.1 Å². The Morgan fingerprint density at radius 3 is 1.64 bits per heavy atom. The molecule has 0 fully saturated rings. The molecule has 0 spiro atoms. The number of esters is 2. The molecule has 178 valence electrons. The average Bonchev–Trinajstić information content (AvgIpc) is 2.80. The average molecular weight is 458 g/mol. The molecule has 9 nitrogen and oxygen atoms in total. The molecule has 0 aliphatic carbocycles. The molecule has 4 atom stereocenters. The summed E-state index contributed by atoms with van der Waals surface area (Å²) in [5.41, 5.74) is 18.8. The lowest BCUT2D eigenvalue weighted by Crippen LogP contribution is -2.39. The minimum atomic E-state index is -1.09. The normalized spacial score (nSPS) is 14.6. The Hall–Kier alpha value is -3.27. The Balaban J connectivity index is 1.87. The second-order valence-corrected chi connectivity index (χ2v) is 8.00. The molecule has 0 aliphatic rings. The highest BCUT2D eigenvalue weighted by molar-refractivity contribution is 5.79. The van der Waals surface area contributed by atoms with Gasteiger partial charge in [-0.2, -0.15) is 0 Å². The van der Waals surface area contributed by atoms with Gasteiger partial charge in [0.05, 0.1) is 0 Å². The van der Waals surface area contributed by atoms with Gasteiger partial charge in [-0.25, -0.2) is 9.59 Å². The fourth-order valence-electron chi connectivity index (χ4n) is 2.93. The van der Waals surface area contributed by atoms with E-state index in [0.717, 1.165) is 12.0 Å². The predicted molar refractivity (Wildman–Crippen MR) is 123 cm³/mol. The summed E-state index contributed by atoms with van der Waals surface area (Å²) in [6, 6.07) is 10.5. The number of ether oxygens (including phenoxy) is 2. The maximum atomic E-state index is 12.3. The number of carboxylic acids is 1. The van der Waals surface area contributed by atoms with Crippen LogP contribution in [0.15, 0.2) is 48.5 Å². The monoisotopic (exact) mass is 457 g/mol. The van der Waals surface area contributed by atoms with Crippen molar-refractivity contribution in [2.24, 2.45) is 23.1 Å². The minimum absolute atomic E-state index is 0.0132. The van der Waals surface area contributed by atoms with Crippen LogP contribution in [0.5, 0.6) is 11.5 Å². The molecule has 0 amide bonds. The zero-order valence-corrected chi connectivity index (χ0v) is 18.8. The van der Waals surface area contributed by atoms with Crippen molar-refractivity contribution < 1.29 is 29.0 Å². The van der Waals surface area contributed by atoms with Crippen LogP contribution in [0.25, 0.3) is 0 Å². The number of benzene rings is 2. The van der Waals surface area contributed by atoms with Crippen LogP contribution in [-0.2, 0) is 27.2 Å². The number of hydrogen-bond acceptors (Lipinski definition) is 8. The molecule has 0 saturated heterocycles. The van der Waals surface area contributed by atoms with Crippen molar-refractivity contribution in [3.8, 4) is 11.5 Å². The molecule has 7 N–H and O–H groups in total. The van der Waals surface area contributed by atoms with Crippen LogP contribution < -0.4 is 26.7 Å². The summed E-state index contributed by atoms with van der Waals surface area (Å²) < 4.78 is 10.6. The lowest BCUT2D eigenvalue weighted by atomic mass is 10.0. The van der Waals surface area contributed by atoms with E-state index < -0.39 is 36.0 Å². The summed E-state index contributed by atoms with van der Waals surface area (Å²) in [5.74, 6) is -1.52. The number of carbonyl (C=O) groups is 3. The van der Waals surface area contributed by atoms with Gasteiger partial charge in [-0.05, 0) is 54.2 Å². The Kier molecular flexibility index (Phi) is 9.53. The minimum Gasteiger partial charge on any atom is -0.480 e. The van der Waals surface area contributed by atoms with E-state index in [9.17, 15) is 14.4 Å². The zero-order valence-electron chi connectivity index (χ0n) is 18.8. The Labute approximate surface area is 192 Å². The molecule has 2 aromatic rings. The number of rotatable bonds is 11. The van der Waals surface area contributed by atoms with E-state index >= 15 is 0 Å². The maximum absolute atomic E-state index is 12.3. The first-order valence-corrected chi connectivity index (χ1v) is 10.7. The van der Waals surface area contributed by atoms with Crippen LogP contribution in [0.2, 0.25) is 0 Å². The Morgan fingerprint density at radius 2 is 1.21 bits per heavy atom. The summed E-state index contributed by atoms with van der Waals surface area (Å²) in [6.45, 7) is 3.84. The zero-order chi connectivity index (χ0) is 24.5. The van der Waals surface area contributed by atoms with E-state index in [1.807, 2.05) is 13.8 Å². The highest BCUT2D eigenvalue weighted by Gasteiger charge is 2.22. The van der Waals surface area contributed by atoms with Crippen LogP contribution in [0.3, 0.4) is 0 Å². The number of carbonyl (C=O) groups excluding carboxylic acids is 2. The summed E-state index contributed by atoms with van der Waals surface area (Å²) >= 11 is 0. The van der Waals surface area contributed by atoms with Gasteiger partial charge in [0, 0.05) is 0 Å². The van der Waals surface area contributed by atoms with Crippen LogP contribution in [-0.4, -0.2) is 41.1 Å². The van der Waals surface area contributed by atoms with Crippen molar-refractivity contribution in [2.45, 2.75) is 51.2 Å². The first kappa shape index (κ1) is 26.0. The molecular weight excluding hydrogens is 426 g/mol. The molecular formula is C24H31N3O6. The highest BCUT2D eigenvalue weighted by atomic mass is 16.5. The molecule has 0 aliphatic heterocycles. The molecule has 0 aromatic heterocycles. The van der Waals surface area contributed by atoms with Crippen molar-refractivity contribution in [3.05, 3.63) is 59.7 Å². The number of carboxylic acid groups (broad SMARTS) is 1. The predicted octanol–water partition coefficient (Wildman–Crippen LogP) is 1.40. The molecule has 0 unspecified atom stereocenters. The van der Waals surface area contributed by atoms with E-state index in [1.165, 1.54) is 0 Å². The summed E-state index contributed by atoms with van der Waals surface area (Å²) in [6.07, 6.45) is 1.16. The second-order valence-electron chi connectivity index (χ2n) is 8.00. The van der Waals surface area contributed by atoms with Crippen LogP contribution in [0.4, 0.5) is 0 Å². The SMILES string of the molecule is CC[C@H](C)[C@H](N)C(=O)Oc1ccc(C[C@H](N)C(=O)Oc2ccc(C[C@H](N)C(=O)O)cc2)cc1. The van der Waals surface area contributed by atoms with Crippen LogP contribution in [0.1, 0.15) is 31.4 Å². The van der Waals surface area contributed by atoms with Gasteiger partial charge in [0.2, 0.25) is 0 Å². The van der Waals surface area contributed by atoms with Crippen molar-refractivity contribution in [1.29, 1.82) is 0 Å². The summed E-state index contributed by atoms with van der Waals surface area (Å²) in [7, 11) is 0. The molecule has 0 radical (unpaired) electrons. The van der Waals surface area contributed by atoms with Gasteiger partial charge in [0.25, 0.3) is 0 Å². The number of aliphatic carboxylic acids is 1. The van der Waals surface area contributed by atoms with E-state index in [2.05, 4.69) is 0 Å². The molecule has 33 heavy (non-hydrogen) atoms. The third-order valence-corrected chi connectivity index (χ3v) is 5.34. The lowest BCUT2D eigenvalue weighted by molar-refractivity contribution is -0.139. The fourth-order valence-corrected chi connectivity index (χ4v) is 2.93. The molecule has 9 heteroatoms. The molecule has 0 bridgehead atoms. The molecule has 0 saturated carbocycles. The second kappa shape index (κ2) is 12.1. The van der Waals surface area contributed by atoms with Crippen molar-refractivity contribution >= 4 is 17.9 Å². The van der Waals surface area contributed by atoms with Crippen LogP contribution >= 0.6 is 0 Å². The Morgan fingerprint density at radius 1 is 0.788 bits per heavy atom. The fraction of sp³-hybridized carbons (Fsp3) is 0.375. The van der Waals surface area contributed by atoms with E-state index in [1.54, 1.807) is 48.5 Å². The largest absolute Gasteiger partial charge is 0.480 e. The van der Waals surface area contributed by atoms with Gasteiger partial charge in [-0.3, -0.25) is 4.79 Å². The first-order chi connectivity index (χ1) is 15.6. The van der Waals surface area contributed by atoms with Gasteiger partial charge >= 0.3 is 17.9 Å². The maximum Gasteiger partial charge on any atom is 0.328 e. The van der Waals surface area contributed by atoms with Crippen molar-refractivity contribution in [1.82, 2.24) is 0 Å². The quantitative estimate of drug-likeness (QED) is 0.288. The molecule has 2 rings (SSSR count). The standard InChI is InChI=1S/C24H31N3O6/c1-3-14(2)21(27)24(31)33-18-10-6-16(7-11-18)13-20(26)23(30)32-17-8-4-15(5-9-17)12-19(25)22(28)29/h4-11,14,19-21H,3,12-13,25-27H2,1-2H3,(H,28,29)/t14-,19-,20-,21-/m0/s1. The molecule has 0 heterocycles. The van der Waals surface area contributed by atoms with Gasteiger partial charge < -0.3 is 31.8 Å². The lowest BCUT2D eigenvalue weighted by Gasteiger charge is -2.17. The summed E-state index contributed by atoms with van der Waals surface area (Å²) in [4.78, 5) is 35.2. The van der Waals surface area contributed by atoms with Crippen molar-refractivity contribution in [3.63, 3.8) is 0 Å². The third kappa shape index (κ3) is 7.98. The van der Waals surface area contributed by atoms with Crippen LogP contribution in [0, 0.1) is 5.92 Å². The smallest absolute Gasteiger partial charge is 0.328 e.